The fourth-order valence-electron chi connectivity index (χ4n) is 10.0. The van der Waals surface area contributed by atoms with Gasteiger partial charge in [-0.25, -0.2) is 0 Å². The molecule has 404 valence electrons. The smallest absolute Gasteiger partial charge is 0.220 e. The minimum atomic E-state index is -1.17. The zero-order valence-electron chi connectivity index (χ0n) is 46.3. The summed E-state index contributed by atoms with van der Waals surface area (Å²) in [4.78, 5) is 12.5. The number of aliphatic hydroxyl groups excluding tert-OH is 3. The van der Waals surface area contributed by atoms with E-state index in [1.165, 1.54) is 276 Å². The lowest BCUT2D eigenvalue weighted by molar-refractivity contribution is -0.124. The highest BCUT2D eigenvalue weighted by Crippen LogP contribution is 2.18. The van der Waals surface area contributed by atoms with Crippen molar-refractivity contribution in [1.29, 1.82) is 0 Å². The number of hydrogen-bond donors (Lipinski definition) is 4. The van der Waals surface area contributed by atoms with Crippen molar-refractivity contribution in [3.63, 3.8) is 0 Å². The fourth-order valence-corrected chi connectivity index (χ4v) is 10.0. The predicted octanol–water partition coefficient (Wildman–Crippen LogP) is 19.6. The van der Waals surface area contributed by atoms with Crippen LogP contribution in [0, 0.1) is 0 Å². The second-order valence-electron chi connectivity index (χ2n) is 21.6. The molecule has 0 aliphatic rings. The van der Waals surface area contributed by atoms with Crippen LogP contribution < -0.4 is 5.32 Å². The van der Waals surface area contributed by atoms with E-state index in [1.807, 2.05) is 0 Å². The molecular formula is C63H123NO4. The molecule has 68 heavy (non-hydrogen) atoms. The summed E-state index contributed by atoms with van der Waals surface area (Å²) in [5.74, 6) is -0.151. The lowest BCUT2D eigenvalue weighted by Gasteiger charge is -2.26. The van der Waals surface area contributed by atoms with Crippen molar-refractivity contribution >= 4 is 5.91 Å². The van der Waals surface area contributed by atoms with Gasteiger partial charge in [0.1, 0.15) is 6.10 Å². The summed E-state index contributed by atoms with van der Waals surface area (Å²) in [7, 11) is 0. The summed E-state index contributed by atoms with van der Waals surface area (Å²) >= 11 is 0. The van der Waals surface area contributed by atoms with Gasteiger partial charge >= 0.3 is 0 Å². The van der Waals surface area contributed by atoms with Gasteiger partial charge in [0.25, 0.3) is 0 Å². The van der Waals surface area contributed by atoms with E-state index >= 15 is 0 Å². The lowest BCUT2D eigenvalue weighted by Crippen LogP contribution is -2.50. The molecule has 0 heterocycles. The fraction of sp³-hybridized carbons (Fsp3) is 0.921. The molecule has 0 radical (unpaired) electrons. The SMILES string of the molecule is CCCCCCCCCCCCCCCC/C=C/CC/C=C/CCCC(O)C(O)C(CO)NC(=O)CCCCCCCCCCCCCCCCCCCCCCCCCCCCCCCCC. The Labute approximate surface area is 426 Å². The zero-order valence-corrected chi connectivity index (χ0v) is 46.3. The summed E-state index contributed by atoms with van der Waals surface area (Å²) in [5.41, 5.74) is 0. The van der Waals surface area contributed by atoms with Crippen molar-refractivity contribution < 1.29 is 20.1 Å². The first-order chi connectivity index (χ1) is 33.6. The first kappa shape index (κ1) is 66.8. The molecule has 0 spiro atoms. The van der Waals surface area contributed by atoms with Crippen LogP contribution in [0.15, 0.2) is 24.3 Å². The van der Waals surface area contributed by atoms with Gasteiger partial charge in [-0.15, -0.1) is 0 Å². The monoisotopic (exact) mass is 958 g/mol. The van der Waals surface area contributed by atoms with Crippen molar-refractivity contribution in [1.82, 2.24) is 5.32 Å². The maximum Gasteiger partial charge on any atom is 0.220 e. The summed E-state index contributed by atoms with van der Waals surface area (Å²) in [6.07, 6.45) is 75.1. The zero-order chi connectivity index (χ0) is 49.3. The second-order valence-corrected chi connectivity index (χ2v) is 21.6. The minimum Gasteiger partial charge on any atom is -0.394 e. The number of aliphatic hydroxyl groups is 3. The van der Waals surface area contributed by atoms with E-state index < -0.39 is 18.2 Å². The molecule has 1 amide bonds. The van der Waals surface area contributed by atoms with E-state index in [2.05, 4.69) is 43.5 Å². The largest absolute Gasteiger partial charge is 0.394 e. The molecule has 0 aromatic carbocycles. The Morgan fingerprint density at radius 1 is 0.353 bits per heavy atom. The molecule has 0 aromatic rings. The molecule has 3 atom stereocenters. The predicted molar refractivity (Wildman–Crippen MR) is 301 cm³/mol. The number of carbonyl (C=O) groups is 1. The normalized spacial score (nSPS) is 13.3. The van der Waals surface area contributed by atoms with Crippen molar-refractivity contribution in [2.24, 2.45) is 0 Å². The van der Waals surface area contributed by atoms with Crippen LogP contribution in [0.2, 0.25) is 0 Å². The third kappa shape index (κ3) is 52.6. The molecular weight excluding hydrogens is 835 g/mol. The minimum absolute atomic E-state index is 0.151. The van der Waals surface area contributed by atoms with Crippen molar-refractivity contribution in [3.8, 4) is 0 Å². The number of hydrogen-bond acceptors (Lipinski definition) is 4. The molecule has 0 aromatic heterocycles. The third-order valence-electron chi connectivity index (χ3n) is 14.8. The maximum atomic E-state index is 12.5. The molecule has 0 saturated heterocycles. The van der Waals surface area contributed by atoms with E-state index in [4.69, 9.17) is 0 Å². The van der Waals surface area contributed by atoms with Gasteiger partial charge in [-0.3, -0.25) is 4.79 Å². The van der Waals surface area contributed by atoms with Crippen LogP contribution in [-0.4, -0.2) is 46.1 Å². The van der Waals surface area contributed by atoms with Crippen molar-refractivity contribution in [2.45, 2.75) is 366 Å². The molecule has 0 saturated carbocycles. The first-order valence-corrected chi connectivity index (χ1v) is 31.1. The molecule has 0 aliphatic heterocycles. The van der Waals surface area contributed by atoms with E-state index in [-0.39, 0.29) is 12.5 Å². The summed E-state index contributed by atoms with van der Waals surface area (Å²) in [5, 5.41) is 33.8. The molecule has 5 nitrogen and oxygen atoms in total. The van der Waals surface area contributed by atoms with E-state index in [0.29, 0.717) is 12.8 Å². The van der Waals surface area contributed by atoms with Crippen LogP contribution in [0.4, 0.5) is 0 Å². The molecule has 0 aliphatic carbocycles. The van der Waals surface area contributed by atoms with Crippen LogP contribution in [0.1, 0.15) is 348 Å². The quantitative estimate of drug-likeness (QED) is 0.0361. The van der Waals surface area contributed by atoms with E-state index in [0.717, 1.165) is 44.9 Å². The number of nitrogens with one attached hydrogen (secondary N) is 1. The van der Waals surface area contributed by atoms with Gasteiger partial charge in [0, 0.05) is 6.42 Å². The lowest BCUT2D eigenvalue weighted by atomic mass is 10.0. The van der Waals surface area contributed by atoms with Crippen molar-refractivity contribution in [2.75, 3.05) is 6.61 Å². The van der Waals surface area contributed by atoms with Gasteiger partial charge in [-0.2, -0.15) is 0 Å². The molecule has 5 heteroatoms. The van der Waals surface area contributed by atoms with Gasteiger partial charge in [0.15, 0.2) is 0 Å². The Bertz CT molecular complexity index is 1010. The summed E-state index contributed by atoms with van der Waals surface area (Å²) in [6.45, 7) is 4.21. The first-order valence-electron chi connectivity index (χ1n) is 31.1. The standard InChI is InChI=1S/C63H123NO4/c1-3-5-7-9-11-13-15-17-19-21-23-25-27-28-29-30-31-32-33-34-36-38-40-42-44-46-48-50-52-54-56-58-62(67)64-60(59-65)63(68)61(66)57-55-53-51-49-47-45-43-41-39-37-35-26-24-22-20-18-16-14-12-10-8-6-4-2/h41,43,49,51,60-61,63,65-66,68H,3-40,42,44-48,50,52-59H2,1-2H3,(H,64,67)/b43-41+,51-49+. The number of allylic oxidation sites excluding steroid dienone is 4. The topological polar surface area (TPSA) is 89.8 Å². The number of amides is 1. The van der Waals surface area contributed by atoms with E-state index in [1.54, 1.807) is 0 Å². The van der Waals surface area contributed by atoms with Crippen molar-refractivity contribution in [3.05, 3.63) is 24.3 Å². The highest BCUT2D eigenvalue weighted by molar-refractivity contribution is 5.76. The number of carbonyl (C=O) groups excluding carboxylic acids is 1. The maximum absolute atomic E-state index is 12.5. The highest BCUT2D eigenvalue weighted by atomic mass is 16.3. The second kappa shape index (κ2) is 58.4. The van der Waals surface area contributed by atoms with Crippen LogP contribution in [0.25, 0.3) is 0 Å². The molecule has 4 N–H and O–H groups in total. The van der Waals surface area contributed by atoms with Crippen LogP contribution >= 0.6 is 0 Å². The van der Waals surface area contributed by atoms with Gasteiger partial charge in [0.2, 0.25) is 5.91 Å². The van der Waals surface area contributed by atoms with E-state index in [9.17, 15) is 20.1 Å². The van der Waals surface area contributed by atoms with Gasteiger partial charge in [0.05, 0.1) is 18.8 Å². The molecule has 3 unspecified atom stereocenters. The number of rotatable bonds is 58. The number of unbranched alkanes of at least 4 members (excludes halogenated alkanes) is 46. The Kier molecular flexibility index (Phi) is 57.4. The van der Waals surface area contributed by atoms with Crippen LogP contribution in [0.3, 0.4) is 0 Å². The summed E-state index contributed by atoms with van der Waals surface area (Å²) in [6, 6.07) is -0.831. The highest BCUT2D eigenvalue weighted by Gasteiger charge is 2.26. The Balaban J connectivity index is 3.52. The summed E-state index contributed by atoms with van der Waals surface area (Å²) < 4.78 is 0. The molecule has 0 bridgehead atoms. The average Bonchev–Trinajstić information content (AvgIpc) is 3.34. The van der Waals surface area contributed by atoms with Gasteiger partial charge < -0.3 is 20.6 Å². The van der Waals surface area contributed by atoms with Gasteiger partial charge in [-0.05, 0) is 51.4 Å². The molecule has 0 fully saturated rings. The Morgan fingerprint density at radius 2 is 0.603 bits per heavy atom. The van der Waals surface area contributed by atoms with Gasteiger partial charge in [-0.1, -0.05) is 314 Å². The Hall–Kier alpha value is -1.17. The third-order valence-corrected chi connectivity index (χ3v) is 14.8. The van der Waals surface area contributed by atoms with Crippen LogP contribution in [-0.2, 0) is 4.79 Å². The average molecular weight is 959 g/mol. The molecule has 0 rings (SSSR count). The Morgan fingerprint density at radius 3 is 0.897 bits per heavy atom. The van der Waals surface area contributed by atoms with Crippen LogP contribution in [0.5, 0.6) is 0 Å².